The summed E-state index contributed by atoms with van der Waals surface area (Å²) in [5.41, 5.74) is 1.44. The van der Waals surface area contributed by atoms with E-state index in [1.54, 1.807) is 0 Å². The van der Waals surface area contributed by atoms with E-state index in [0.29, 0.717) is 12.0 Å². The third-order valence-corrected chi connectivity index (χ3v) is 3.82. The molecule has 0 spiro atoms. The first kappa shape index (κ1) is 14.6. The number of aliphatic imine (C=N–C) groups is 1. The summed E-state index contributed by atoms with van der Waals surface area (Å²) in [6, 6.07) is 11.3. The van der Waals surface area contributed by atoms with Crippen LogP contribution in [0.2, 0.25) is 0 Å². The van der Waals surface area contributed by atoms with Crippen molar-refractivity contribution in [2.45, 2.75) is 31.2 Å². The molecule has 2 unspecified atom stereocenters. The molecule has 2 aliphatic carbocycles. The van der Waals surface area contributed by atoms with Crippen LogP contribution in [0.4, 0.5) is 0 Å². The number of hydrogen-bond acceptors (Lipinski definition) is 1. The average molecular weight is 371 g/mol. The van der Waals surface area contributed by atoms with Gasteiger partial charge in [-0.2, -0.15) is 0 Å². The topological polar surface area (TPSA) is 36.4 Å². The third-order valence-electron chi connectivity index (χ3n) is 3.82. The first-order chi connectivity index (χ1) is 8.86. The minimum absolute atomic E-state index is 0. The molecule has 104 valence electrons. The molecule has 0 aliphatic heterocycles. The average Bonchev–Trinajstić information content (AvgIpc) is 3.30. The highest BCUT2D eigenvalue weighted by Gasteiger charge is 2.38. The van der Waals surface area contributed by atoms with Gasteiger partial charge in [-0.1, -0.05) is 30.3 Å². The molecule has 0 saturated heterocycles. The van der Waals surface area contributed by atoms with Crippen molar-refractivity contribution >= 4 is 29.9 Å². The van der Waals surface area contributed by atoms with Gasteiger partial charge in [0.05, 0.1) is 0 Å². The lowest BCUT2D eigenvalue weighted by Gasteiger charge is -2.11. The second kappa shape index (κ2) is 6.59. The zero-order chi connectivity index (χ0) is 12.4. The number of nitrogens with zero attached hydrogens (tertiary/aromatic N) is 1. The van der Waals surface area contributed by atoms with Gasteiger partial charge >= 0.3 is 0 Å². The highest BCUT2D eigenvalue weighted by atomic mass is 127. The van der Waals surface area contributed by atoms with Crippen molar-refractivity contribution in [2.24, 2.45) is 10.9 Å². The Bertz CT molecular complexity index is 428. The Labute approximate surface area is 132 Å². The van der Waals surface area contributed by atoms with E-state index in [2.05, 4.69) is 46.0 Å². The molecular formula is C15H22IN3. The molecule has 0 radical (unpaired) electrons. The fraction of sp³-hybridized carbons (Fsp3) is 0.533. The zero-order valence-corrected chi connectivity index (χ0v) is 13.6. The maximum Gasteiger partial charge on any atom is 0.191 e. The maximum absolute atomic E-state index is 4.29. The van der Waals surface area contributed by atoms with Crippen molar-refractivity contribution in [1.29, 1.82) is 0 Å². The van der Waals surface area contributed by atoms with Gasteiger partial charge in [0.2, 0.25) is 0 Å². The Morgan fingerprint density at radius 3 is 2.63 bits per heavy atom. The maximum atomic E-state index is 4.29. The molecule has 2 saturated carbocycles. The van der Waals surface area contributed by atoms with Gasteiger partial charge in [0.1, 0.15) is 0 Å². The van der Waals surface area contributed by atoms with Crippen LogP contribution in [-0.2, 0) is 0 Å². The predicted molar refractivity (Wildman–Crippen MR) is 90.2 cm³/mol. The van der Waals surface area contributed by atoms with Gasteiger partial charge < -0.3 is 10.6 Å². The van der Waals surface area contributed by atoms with Crippen LogP contribution in [0.5, 0.6) is 0 Å². The molecule has 19 heavy (non-hydrogen) atoms. The summed E-state index contributed by atoms with van der Waals surface area (Å²) < 4.78 is 0. The number of hydrogen-bond donors (Lipinski definition) is 2. The molecule has 1 aromatic carbocycles. The minimum atomic E-state index is 0. The lowest BCUT2D eigenvalue weighted by Crippen LogP contribution is -2.39. The van der Waals surface area contributed by atoms with Crippen LogP contribution in [0.15, 0.2) is 35.3 Å². The first-order valence-electron chi connectivity index (χ1n) is 6.89. The molecule has 2 aliphatic rings. The standard InChI is InChI=1S/C15H21N3.HI/c1-16-15(17-10-11-7-8-11)18-14-9-13(14)12-5-3-2-4-6-12;/h2-6,11,13-14H,7-10H2,1H3,(H2,16,17,18);1H. The van der Waals surface area contributed by atoms with Crippen molar-refractivity contribution in [2.75, 3.05) is 13.6 Å². The molecule has 0 bridgehead atoms. The fourth-order valence-electron chi connectivity index (χ4n) is 2.36. The second-order valence-corrected chi connectivity index (χ2v) is 5.40. The van der Waals surface area contributed by atoms with Crippen LogP contribution < -0.4 is 10.6 Å². The van der Waals surface area contributed by atoms with E-state index in [-0.39, 0.29) is 24.0 Å². The Morgan fingerprint density at radius 2 is 2.00 bits per heavy atom. The van der Waals surface area contributed by atoms with E-state index >= 15 is 0 Å². The molecule has 2 atom stereocenters. The van der Waals surface area contributed by atoms with Gasteiger partial charge in [-0.05, 0) is 30.7 Å². The number of benzene rings is 1. The van der Waals surface area contributed by atoms with Gasteiger partial charge in [-0.3, -0.25) is 4.99 Å². The van der Waals surface area contributed by atoms with Gasteiger partial charge in [0, 0.05) is 25.6 Å². The van der Waals surface area contributed by atoms with Crippen LogP contribution in [0.1, 0.15) is 30.7 Å². The second-order valence-electron chi connectivity index (χ2n) is 5.40. The Morgan fingerprint density at radius 1 is 1.26 bits per heavy atom. The van der Waals surface area contributed by atoms with E-state index < -0.39 is 0 Å². The van der Waals surface area contributed by atoms with Crippen molar-refractivity contribution in [3.05, 3.63) is 35.9 Å². The molecule has 0 amide bonds. The lowest BCUT2D eigenvalue weighted by molar-refractivity contribution is 0.731. The van der Waals surface area contributed by atoms with Gasteiger partial charge in [-0.25, -0.2) is 0 Å². The van der Waals surface area contributed by atoms with Crippen LogP contribution in [-0.4, -0.2) is 25.6 Å². The molecule has 3 rings (SSSR count). The highest BCUT2D eigenvalue weighted by Crippen LogP contribution is 2.40. The van der Waals surface area contributed by atoms with E-state index in [1.165, 1.54) is 24.8 Å². The minimum Gasteiger partial charge on any atom is -0.356 e. The predicted octanol–water partition coefficient (Wildman–Crippen LogP) is 2.74. The number of rotatable bonds is 4. The Balaban J connectivity index is 0.00000133. The summed E-state index contributed by atoms with van der Waals surface area (Å²) in [6.07, 6.45) is 3.97. The van der Waals surface area contributed by atoms with Crippen LogP contribution in [0.3, 0.4) is 0 Å². The van der Waals surface area contributed by atoms with E-state index in [9.17, 15) is 0 Å². The molecule has 0 heterocycles. The normalized spacial score (nSPS) is 25.4. The monoisotopic (exact) mass is 371 g/mol. The van der Waals surface area contributed by atoms with Gasteiger partial charge in [-0.15, -0.1) is 24.0 Å². The third kappa shape index (κ3) is 4.09. The molecular weight excluding hydrogens is 349 g/mol. The fourth-order valence-corrected chi connectivity index (χ4v) is 2.36. The quantitative estimate of drug-likeness (QED) is 0.485. The molecule has 2 N–H and O–H groups in total. The molecule has 1 aromatic rings. The number of nitrogens with one attached hydrogen (secondary N) is 2. The van der Waals surface area contributed by atoms with Crippen molar-refractivity contribution in [3.8, 4) is 0 Å². The summed E-state index contributed by atoms with van der Waals surface area (Å²) in [5, 5.41) is 6.92. The molecule has 4 heteroatoms. The SMILES string of the molecule is CN=C(NCC1CC1)NC1CC1c1ccccc1.I. The first-order valence-corrected chi connectivity index (χ1v) is 6.89. The van der Waals surface area contributed by atoms with Crippen LogP contribution in [0.25, 0.3) is 0 Å². The smallest absolute Gasteiger partial charge is 0.191 e. The summed E-state index contributed by atoms with van der Waals surface area (Å²) in [7, 11) is 1.85. The molecule has 2 fully saturated rings. The van der Waals surface area contributed by atoms with Crippen molar-refractivity contribution in [1.82, 2.24) is 10.6 Å². The molecule has 3 nitrogen and oxygen atoms in total. The van der Waals surface area contributed by atoms with Gasteiger partial charge in [0.15, 0.2) is 5.96 Å². The highest BCUT2D eigenvalue weighted by molar-refractivity contribution is 14.0. The number of halogens is 1. The van der Waals surface area contributed by atoms with Gasteiger partial charge in [0.25, 0.3) is 0 Å². The lowest BCUT2D eigenvalue weighted by atomic mass is 10.1. The summed E-state index contributed by atoms with van der Waals surface area (Å²) >= 11 is 0. The van der Waals surface area contributed by atoms with Crippen molar-refractivity contribution in [3.63, 3.8) is 0 Å². The largest absolute Gasteiger partial charge is 0.356 e. The zero-order valence-electron chi connectivity index (χ0n) is 11.3. The van der Waals surface area contributed by atoms with E-state index in [4.69, 9.17) is 0 Å². The summed E-state index contributed by atoms with van der Waals surface area (Å²) in [6.45, 7) is 1.07. The Kier molecular flexibility index (Phi) is 5.07. The van der Waals surface area contributed by atoms with E-state index in [1.807, 2.05) is 7.05 Å². The summed E-state index contributed by atoms with van der Waals surface area (Å²) in [5.74, 6) is 2.50. The van der Waals surface area contributed by atoms with E-state index in [0.717, 1.165) is 18.4 Å². The van der Waals surface area contributed by atoms with Crippen LogP contribution >= 0.6 is 24.0 Å². The Hall–Kier alpha value is -0.780. The van der Waals surface area contributed by atoms with Crippen molar-refractivity contribution < 1.29 is 0 Å². The molecule has 0 aromatic heterocycles. The van der Waals surface area contributed by atoms with Crippen LogP contribution in [0, 0.1) is 5.92 Å². The summed E-state index contributed by atoms with van der Waals surface area (Å²) in [4.78, 5) is 4.29. The number of guanidine groups is 1.